The van der Waals surface area contributed by atoms with E-state index in [0.29, 0.717) is 6.61 Å². The van der Waals surface area contributed by atoms with Gasteiger partial charge in [0.15, 0.2) is 0 Å². The Labute approximate surface area is 159 Å². The summed E-state index contributed by atoms with van der Waals surface area (Å²) in [7, 11) is 0. The lowest BCUT2D eigenvalue weighted by Gasteiger charge is -2.28. The van der Waals surface area contributed by atoms with Gasteiger partial charge in [-0.1, -0.05) is 42.5 Å². The number of carbonyl (C=O) groups is 1. The highest BCUT2D eigenvalue weighted by molar-refractivity contribution is 6.11. The molecule has 0 atom stereocenters. The van der Waals surface area contributed by atoms with E-state index in [4.69, 9.17) is 4.74 Å². The largest absolute Gasteiger partial charge is 0.494 e. The molecule has 0 saturated carbocycles. The summed E-state index contributed by atoms with van der Waals surface area (Å²) in [6.45, 7) is 5.84. The van der Waals surface area contributed by atoms with Gasteiger partial charge in [-0.3, -0.25) is 4.79 Å². The van der Waals surface area contributed by atoms with Crippen molar-refractivity contribution in [3.63, 3.8) is 0 Å². The number of nitrogens with zero attached hydrogens (tertiary/aromatic N) is 1. The van der Waals surface area contributed by atoms with E-state index in [1.165, 1.54) is 0 Å². The van der Waals surface area contributed by atoms with Crippen molar-refractivity contribution in [3.8, 4) is 16.9 Å². The molecule has 1 saturated heterocycles. The van der Waals surface area contributed by atoms with Crippen molar-refractivity contribution < 1.29 is 9.53 Å². The van der Waals surface area contributed by atoms with Crippen molar-refractivity contribution in [1.29, 1.82) is 0 Å². The van der Waals surface area contributed by atoms with E-state index in [1.807, 2.05) is 48.2 Å². The van der Waals surface area contributed by atoms with Crippen LogP contribution in [0.25, 0.3) is 21.9 Å². The number of amides is 1. The van der Waals surface area contributed by atoms with E-state index in [9.17, 15) is 4.79 Å². The zero-order valence-electron chi connectivity index (χ0n) is 15.6. The molecule has 138 valence electrons. The predicted octanol–water partition coefficient (Wildman–Crippen LogP) is 3.95. The van der Waals surface area contributed by atoms with Gasteiger partial charge in [-0.25, -0.2) is 0 Å². The van der Waals surface area contributed by atoms with Crippen molar-refractivity contribution in [2.45, 2.75) is 6.92 Å². The van der Waals surface area contributed by atoms with Crippen molar-refractivity contribution >= 4 is 16.7 Å². The fourth-order valence-electron chi connectivity index (χ4n) is 3.70. The Morgan fingerprint density at radius 2 is 1.78 bits per heavy atom. The third-order valence-corrected chi connectivity index (χ3v) is 5.01. The number of hydrogen-bond acceptors (Lipinski definition) is 3. The highest BCUT2D eigenvalue weighted by atomic mass is 16.5. The first-order valence-electron chi connectivity index (χ1n) is 9.53. The van der Waals surface area contributed by atoms with Gasteiger partial charge in [0.2, 0.25) is 0 Å². The summed E-state index contributed by atoms with van der Waals surface area (Å²) in [4.78, 5) is 15.0. The predicted molar refractivity (Wildman–Crippen MR) is 109 cm³/mol. The van der Waals surface area contributed by atoms with Crippen LogP contribution in [0.1, 0.15) is 17.3 Å². The Kier molecular flexibility index (Phi) is 5.07. The first-order valence-corrected chi connectivity index (χ1v) is 9.53. The van der Waals surface area contributed by atoms with Gasteiger partial charge in [0.25, 0.3) is 5.91 Å². The van der Waals surface area contributed by atoms with Gasteiger partial charge in [0.05, 0.1) is 6.61 Å². The van der Waals surface area contributed by atoms with Gasteiger partial charge in [0.1, 0.15) is 5.75 Å². The van der Waals surface area contributed by atoms with Crippen LogP contribution in [0.3, 0.4) is 0 Å². The fraction of sp³-hybridized carbons (Fsp3) is 0.261. The maximum atomic E-state index is 13.1. The Morgan fingerprint density at radius 1 is 1.00 bits per heavy atom. The van der Waals surface area contributed by atoms with Gasteiger partial charge in [-0.2, -0.15) is 0 Å². The number of benzene rings is 3. The molecule has 1 amide bonds. The molecule has 27 heavy (non-hydrogen) atoms. The van der Waals surface area contributed by atoms with Crippen LogP contribution in [0.4, 0.5) is 0 Å². The summed E-state index contributed by atoms with van der Waals surface area (Å²) in [5.41, 5.74) is 2.99. The molecular weight excluding hydrogens is 336 g/mol. The van der Waals surface area contributed by atoms with Gasteiger partial charge >= 0.3 is 0 Å². The summed E-state index contributed by atoms with van der Waals surface area (Å²) >= 11 is 0. The summed E-state index contributed by atoms with van der Waals surface area (Å²) in [6, 6.07) is 20.3. The molecule has 4 heteroatoms. The minimum absolute atomic E-state index is 0.113. The first kappa shape index (κ1) is 17.6. The van der Waals surface area contributed by atoms with Gasteiger partial charge in [-0.15, -0.1) is 0 Å². The molecule has 0 aromatic heterocycles. The Balaban J connectivity index is 1.79. The van der Waals surface area contributed by atoms with E-state index >= 15 is 0 Å². The van der Waals surface area contributed by atoms with Crippen molar-refractivity contribution in [2.24, 2.45) is 0 Å². The summed E-state index contributed by atoms with van der Waals surface area (Å²) < 4.78 is 5.65. The van der Waals surface area contributed by atoms with E-state index in [-0.39, 0.29) is 5.91 Å². The number of ether oxygens (including phenoxy) is 1. The molecule has 0 radical (unpaired) electrons. The lowest BCUT2D eigenvalue weighted by molar-refractivity contribution is 0.0738. The molecule has 1 fully saturated rings. The summed E-state index contributed by atoms with van der Waals surface area (Å²) in [5, 5.41) is 5.39. The molecule has 1 N–H and O–H groups in total. The number of nitrogens with one attached hydrogen (secondary N) is 1. The van der Waals surface area contributed by atoms with Gasteiger partial charge in [-0.05, 0) is 47.0 Å². The molecule has 4 nitrogen and oxygen atoms in total. The van der Waals surface area contributed by atoms with Crippen molar-refractivity contribution in [2.75, 3.05) is 32.8 Å². The molecule has 3 aromatic carbocycles. The normalized spacial score (nSPS) is 14.3. The number of piperazine rings is 1. The molecule has 0 unspecified atom stereocenters. The van der Waals surface area contributed by atoms with Crippen LogP contribution in [0.2, 0.25) is 0 Å². The van der Waals surface area contributed by atoms with E-state index in [2.05, 4.69) is 29.6 Å². The maximum Gasteiger partial charge on any atom is 0.254 e. The van der Waals surface area contributed by atoms with Crippen LogP contribution >= 0.6 is 0 Å². The minimum atomic E-state index is 0.113. The van der Waals surface area contributed by atoms with E-state index in [1.54, 1.807) is 0 Å². The average molecular weight is 360 g/mol. The van der Waals surface area contributed by atoms with Crippen LogP contribution in [0.5, 0.6) is 5.75 Å². The fourth-order valence-corrected chi connectivity index (χ4v) is 3.70. The Hall–Kier alpha value is -2.85. The molecule has 1 aliphatic rings. The monoisotopic (exact) mass is 360 g/mol. The third-order valence-electron chi connectivity index (χ3n) is 5.01. The second-order valence-electron chi connectivity index (χ2n) is 6.71. The number of rotatable bonds is 4. The standard InChI is InChI=1S/C23H24N2O2/c1-2-27-18-7-5-6-17(16-18)19-10-11-22(21-9-4-3-8-20(19)21)23(26)25-14-12-24-13-15-25/h3-11,16,24H,2,12-15H2,1H3. The molecule has 0 spiro atoms. The maximum absolute atomic E-state index is 13.1. The first-order chi connectivity index (χ1) is 13.3. The van der Waals surface area contributed by atoms with Crippen LogP contribution in [0, 0.1) is 0 Å². The molecule has 0 bridgehead atoms. The topological polar surface area (TPSA) is 41.6 Å². The molecule has 3 aromatic rings. The van der Waals surface area contributed by atoms with Crippen molar-refractivity contribution in [1.82, 2.24) is 10.2 Å². The zero-order valence-corrected chi connectivity index (χ0v) is 15.6. The second kappa shape index (κ2) is 7.80. The number of fused-ring (bicyclic) bond motifs is 1. The van der Waals surface area contributed by atoms with E-state index < -0.39 is 0 Å². The van der Waals surface area contributed by atoms with Crippen LogP contribution < -0.4 is 10.1 Å². The van der Waals surface area contributed by atoms with Crippen molar-refractivity contribution in [3.05, 3.63) is 66.2 Å². The highest BCUT2D eigenvalue weighted by Gasteiger charge is 2.20. The number of hydrogen-bond donors (Lipinski definition) is 1. The Morgan fingerprint density at radius 3 is 2.56 bits per heavy atom. The van der Waals surface area contributed by atoms with Gasteiger partial charge in [0, 0.05) is 31.7 Å². The molecule has 1 aliphatic heterocycles. The zero-order chi connectivity index (χ0) is 18.6. The molecule has 0 aliphatic carbocycles. The summed E-state index contributed by atoms with van der Waals surface area (Å²) in [5.74, 6) is 0.974. The lowest BCUT2D eigenvalue weighted by Crippen LogP contribution is -2.46. The minimum Gasteiger partial charge on any atom is -0.494 e. The third kappa shape index (κ3) is 3.53. The quantitative estimate of drug-likeness (QED) is 0.766. The van der Waals surface area contributed by atoms with Crippen LogP contribution in [0.15, 0.2) is 60.7 Å². The molecule has 4 rings (SSSR count). The van der Waals surface area contributed by atoms with Gasteiger partial charge < -0.3 is 15.0 Å². The summed E-state index contributed by atoms with van der Waals surface area (Å²) in [6.07, 6.45) is 0. The second-order valence-corrected chi connectivity index (χ2v) is 6.71. The molecular formula is C23H24N2O2. The highest BCUT2D eigenvalue weighted by Crippen LogP contribution is 2.33. The molecule has 1 heterocycles. The Bertz CT molecular complexity index is 962. The average Bonchev–Trinajstić information content (AvgIpc) is 2.73. The van der Waals surface area contributed by atoms with Crippen LogP contribution in [-0.4, -0.2) is 43.6 Å². The number of carbonyl (C=O) groups excluding carboxylic acids is 1. The smallest absolute Gasteiger partial charge is 0.254 e. The van der Waals surface area contributed by atoms with Crippen LogP contribution in [-0.2, 0) is 0 Å². The van der Waals surface area contributed by atoms with E-state index in [0.717, 1.165) is 59.4 Å². The SMILES string of the molecule is CCOc1cccc(-c2ccc(C(=O)N3CCNCC3)c3ccccc23)c1. The lowest BCUT2D eigenvalue weighted by atomic mass is 9.94.